The average molecular weight is 265 g/mol. The van der Waals surface area contributed by atoms with E-state index < -0.39 is 10.0 Å². The van der Waals surface area contributed by atoms with Crippen LogP contribution in [0.1, 0.15) is 0 Å². The summed E-state index contributed by atoms with van der Waals surface area (Å²) in [7, 11) is -2.29. The highest BCUT2D eigenvalue weighted by atomic mass is 32.2. The first-order chi connectivity index (χ1) is 8.63. The van der Waals surface area contributed by atoms with Gasteiger partial charge in [0.05, 0.1) is 12.0 Å². The van der Waals surface area contributed by atoms with Crippen LogP contribution in [0.3, 0.4) is 0 Å². The van der Waals surface area contributed by atoms with Gasteiger partial charge in [0.2, 0.25) is 5.82 Å². The monoisotopic (exact) mass is 265 g/mol. The van der Waals surface area contributed by atoms with Crippen LogP contribution >= 0.6 is 0 Å². The maximum absolute atomic E-state index is 12.0. The van der Waals surface area contributed by atoms with E-state index in [1.165, 1.54) is 31.6 Å². The van der Waals surface area contributed by atoms with E-state index in [-0.39, 0.29) is 16.6 Å². The predicted octanol–water partition coefficient (Wildman–Crippen LogP) is 1.29. The lowest BCUT2D eigenvalue weighted by Gasteiger charge is -2.09. The molecule has 0 saturated carbocycles. The molecule has 0 aliphatic carbocycles. The Morgan fingerprint density at radius 2 is 1.78 bits per heavy atom. The smallest absolute Gasteiger partial charge is 0.263 e. The molecule has 1 aromatic carbocycles. The molecule has 1 aromatic heterocycles. The fourth-order valence-corrected chi connectivity index (χ4v) is 2.36. The van der Waals surface area contributed by atoms with Crippen molar-refractivity contribution in [2.45, 2.75) is 4.90 Å². The van der Waals surface area contributed by atoms with Gasteiger partial charge in [-0.1, -0.05) is 18.2 Å². The van der Waals surface area contributed by atoms with E-state index in [1.54, 1.807) is 18.2 Å². The fourth-order valence-electron chi connectivity index (χ4n) is 1.33. The third-order valence-corrected chi connectivity index (χ3v) is 3.50. The van der Waals surface area contributed by atoms with Crippen LogP contribution in [0.25, 0.3) is 0 Å². The average Bonchev–Trinajstić information content (AvgIpc) is 2.40. The van der Waals surface area contributed by atoms with Crippen molar-refractivity contribution in [3.63, 3.8) is 0 Å². The van der Waals surface area contributed by atoms with E-state index in [0.717, 1.165) is 0 Å². The number of methoxy groups -OCH3 is 1. The minimum absolute atomic E-state index is 0.0591. The van der Waals surface area contributed by atoms with Crippen LogP contribution in [0, 0.1) is 0 Å². The normalized spacial score (nSPS) is 10.9. The summed E-state index contributed by atoms with van der Waals surface area (Å²) in [5, 5.41) is 0. The van der Waals surface area contributed by atoms with Gasteiger partial charge < -0.3 is 4.74 Å². The van der Waals surface area contributed by atoms with E-state index >= 15 is 0 Å². The van der Waals surface area contributed by atoms with Crippen molar-refractivity contribution in [2.75, 3.05) is 11.8 Å². The van der Waals surface area contributed by atoms with E-state index in [0.29, 0.717) is 0 Å². The number of nitrogens with zero attached hydrogens (tertiary/aromatic N) is 2. The number of sulfonamides is 1. The Bertz CT molecular complexity index is 629. The third-order valence-electron chi connectivity index (χ3n) is 2.14. The summed E-state index contributed by atoms with van der Waals surface area (Å²) in [5.74, 6) is 0.181. The Hall–Kier alpha value is -2.15. The van der Waals surface area contributed by atoms with E-state index in [2.05, 4.69) is 14.7 Å². The Morgan fingerprint density at radius 1 is 1.11 bits per heavy atom. The molecule has 0 saturated heterocycles. The standard InChI is InChI=1S/C11H11N3O3S/c1-17-11-10(12-7-8-13-11)14-18(15,16)9-5-3-2-4-6-9/h2-8H,1H3,(H,12,14). The summed E-state index contributed by atoms with van der Waals surface area (Å²) in [6.07, 6.45) is 2.80. The first kappa shape index (κ1) is 12.3. The van der Waals surface area contributed by atoms with Crippen molar-refractivity contribution in [1.82, 2.24) is 9.97 Å². The molecule has 94 valence electrons. The molecule has 0 unspecified atom stereocenters. The number of anilines is 1. The molecule has 18 heavy (non-hydrogen) atoms. The summed E-state index contributed by atoms with van der Waals surface area (Å²) >= 11 is 0. The number of nitrogens with one attached hydrogen (secondary N) is 1. The molecule has 2 rings (SSSR count). The van der Waals surface area contributed by atoms with Crippen molar-refractivity contribution >= 4 is 15.8 Å². The number of hydrogen-bond acceptors (Lipinski definition) is 5. The summed E-state index contributed by atoms with van der Waals surface area (Å²) < 4.78 is 31.3. The SMILES string of the molecule is COc1nccnc1NS(=O)(=O)c1ccccc1. The number of hydrogen-bond donors (Lipinski definition) is 1. The van der Waals surface area contributed by atoms with Gasteiger partial charge in [0.1, 0.15) is 0 Å². The lowest BCUT2D eigenvalue weighted by atomic mass is 10.4. The van der Waals surface area contributed by atoms with Crippen LogP contribution in [-0.2, 0) is 10.0 Å². The third kappa shape index (κ3) is 2.57. The molecule has 0 radical (unpaired) electrons. The molecule has 2 aromatic rings. The number of benzene rings is 1. The van der Waals surface area contributed by atoms with Crippen molar-refractivity contribution in [3.8, 4) is 5.88 Å². The summed E-state index contributed by atoms with van der Waals surface area (Å²) in [6.45, 7) is 0. The molecular formula is C11H11N3O3S. The van der Waals surface area contributed by atoms with Gasteiger partial charge in [-0.05, 0) is 12.1 Å². The highest BCUT2D eigenvalue weighted by Gasteiger charge is 2.17. The van der Waals surface area contributed by atoms with Crippen molar-refractivity contribution in [1.29, 1.82) is 0 Å². The molecule has 0 aliphatic rings. The van der Waals surface area contributed by atoms with Gasteiger partial charge >= 0.3 is 0 Å². The highest BCUT2D eigenvalue weighted by molar-refractivity contribution is 7.92. The zero-order chi connectivity index (χ0) is 13.0. The lowest BCUT2D eigenvalue weighted by molar-refractivity contribution is 0.398. The Labute approximate surface area is 105 Å². The molecule has 0 fully saturated rings. The Morgan fingerprint density at radius 3 is 2.44 bits per heavy atom. The molecule has 0 atom stereocenters. The van der Waals surface area contributed by atoms with Gasteiger partial charge in [-0.25, -0.2) is 18.4 Å². The van der Waals surface area contributed by atoms with Crippen molar-refractivity contribution in [3.05, 3.63) is 42.7 Å². The first-order valence-electron chi connectivity index (χ1n) is 5.06. The van der Waals surface area contributed by atoms with E-state index in [1.807, 2.05) is 0 Å². The minimum Gasteiger partial charge on any atom is -0.478 e. The van der Waals surface area contributed by atoms with E-state index in [9.17, 15) is 8.42 Å². The molecule has 7 heteroatoms. The van der Waals surface area contributed by atoms with Gasteiger partial charge in [-0.15, -0.1) is 0 Å². The van der Waals surface area contributed by atoms with Crippen LogP contribution in [0.4, 0.5) is 5.82 Å². The topological polar surface area (TPSA) is 81.2 Å². The maximum Gasteiger partial charge on any atom is 0.263 e. The van der Waals surface area contributed by atoms with Gasteiger partial charge in [-0.3, -0.25) is 4.72 Å². The second-order valence-corrected chi connectivity index (χ2v) is 5.02. The Kier molecular flexibility index (Phi) is 3.42. The fraction of sp³-hybridized carbons (Fsp3) is 0.0909. The van der Waals surface area contributed by atoms with Gasteiger partial charge in [-0.2, -0.15) is 0 Å². The molecule has 0 amide bonds. The second kappa shape index (κ2) is 5.01. The first-order valence-corrected chi connectivity index (χ1v) is 6.54. The summed E-state index contributed by atoms with van der Waals surface area (Å²) in [4.78, 5) is 7.90. The number of ether oxygens (including phenoxy) is 1. The van der Waals surface area contributed by atoms with E-state index in [4.69, 9.17) is 4.74 Å². The zero-order valence-corrected chi connectivity index (χ0v) is 10.4. The van der Waals surface area contributed by atoms with Crippen molar-refractivity contribution in [2.24, 2.45) is 0 Å². The second-order valence-electron chi connectivity index (χ2n) is 3.33. The van der Waals surface area contributed by atoms with Crippen LogP contribution < -0.4 is 9.46 Å². The van der Waals surface area contributed by atoms with Gasteiger partial charge in [0.25, 0.3) is 15.9 Å². The predicted molar refractivity (Wildman–Crippen MR) is 65.8 cm³/mol. The number of rotatable bonds is 4. The van der Waals surface area contributed by atoms with Crippen molar-refractivity contribution < 1.29 is 13.2 Å². The molecule has 1 heterocycles. The zero-order valence-electron chi connectivity index (χ0n) is 9.57. The van der Waals surface area contributed by atoms with Crippen LogP contribution in [0.15, 0.2) is 47.6 Å². The highest BCUT2D eigenvalue weighted by Crippen LogP contribution is 2.20. The van der Waals surface area contributed by atoms with Crippen LogP contribution in [0.2, 0.25) is 0 Å². The molecule has 0 aliphatic heterocycles. The molecule has 6 nitrogen and oxygen atoms in total. The molecule has 0 bridgehead atoms. The molecule has 0 spiro atoms. The number of aromatic nitrogens is 2. The quantitative estimate of drug-likeness (QED) is 0.900. The maximum atomic E-state index is 12.0. The van der Waals surface area contributed by atoms with Crippen LogP contribution in [-0.4, -0.2) is 25.5 Å². The van der Waals surface area contributed by atoms with Crippen LogP contribution in [0.5, 0.6) is 5.88 Å². The van der Waals surface area contributed by atoms with Gasteiger partial charge in [0.15, 0.2) is 0 Å². The lowest BCUT2D eigenvalue weighted by Crippen LogP contribution is -2.14. The Balaban J connectivity index is 2.34. The largest absolute Gasteiger partial charge is 0.478 e. The summed E-state index contributed by atoms with van der Waals surface area (Å²) in [6, 6.07) is 8.00. The van der Waals surface area contributed by atoms with Gasteiger partial charge in [0, 0.05) is 12.4 Å². The summed E-state index contributed by atoms with van der Waals surface area (Å²) in [5.41, 5.74) is 0. The minimum atomic E-state index is -3.68. The molecule has 1 N–H and O–H groups in total. The molecular weight excluding hydrogens is 254 g/mol.